The Hall–Kier alpha value is -3.62. The standard InChI is InChI=1S/C21H24N6O3/c1-2-23-21(29)27-9-6-16(13-18(27)22)26-10-11-30-17-12-15(14-24-19(17)26)20(28)25-7-4-3-5-8-25/h3-4,6,9,12-14,22H,2,5,7-8,10-11H2,1H3,(H,23,29). The first-order chi connectivity index (χ1) is 14.6. The second-order valence-electron chi connectivity index (χ2n) is 7.03. The van der Waals surface area contributed by atoms with Crippen molar-refractivity contribution in [2.75, 3.05) is 37.7 Å². The van der Waals surface area contributed by atoms with Gasteiger partial charge in [-0.25, -0.2) is 9.78 Å². The predicted molar refractivity (Wildman–Crippen MR) is 111 cm³/mol. The Morgan fingerprint density at radius 2 is 2.13 bits per heavy atom. The summed E-state index contributed by atoms with van der Waals surface area (Å²) in [5.41, 5.74) is 1.29. The van der Waals surface area contributed by atoms with E-state index in [-0.39, 0.29) is 17.4 Å². The lowest BCUT2D eigenvalue weighted by Crippen LogP contribution is -2.37. The number of carbonyl (C=O) groups excluding carboxylic acids is 2. The van der Waals surface area contributed by atoms with Crippen molar-refractivity contribution in [3.8, 4) is 5.75 Å². The van der Waals surface area contributed by atoms with Crippen molar-refractivity contribution in [1.29, 1.82) is 5.41 Å². The van der Waals surface area contributed by atoms with Gasteiger partial charge in [0, 0.05) is 43.8 Å². The van der Waals surface area contributed by atoms with Crippen molar-refractivity contribution in [3.05, 3.63) is 53.8 Å². The zero-order chi connectivity index (χ0) is 21.1. The minimum atomic E-state index is -0.342. The molecule has 0 atom stereocenters. The van der Waals surface area contributed by atoms with Gasteiger partial charge in [-0.3, -0.25) is 14.8 Å². The summed E-state index contributed by atoms with van der Waals surface area (Å²) < 4.78 is 7.02. The second kappa shape index (κ2) is 8.40. The molecule has 2 aromatic rings. The molecule has 2 aromatic heterocycles. The molecule has 0 bridgehead atoms. The van der Waals surface area contributed by atoms with E-state index in [0.29, 0.717) is 49.9 Å². The van der Waals surface area contributed by atoms with E-state index in [1.54, 1.807) is 35.5 Å². The third-order valence-corrected chi connectivity index (χ3v) is 5.05. The number of nitrogens with zero attached hydrogens (tertiary/aromatic N) is 4. The zero-order valence-electron chi connectivity index (χ0n) is 16.8. The third kappa shape index (κ3) is 3.78. The van der Waals surface area contributed by atoms with Crippen LogP contribution in [-0.4, -0.2) is 59.2 Å². The molecule has 2 aliphatic rings. The molecule has 0 saturated carbocycles. The summed E-state index contributed by atoms with van der Waals surface area (Å²) in [6.07, 6.45) is 8.06. The quantitative estimate of drug-likeness (QED) is 0.755. The normalized spacial score (nSPS) is 15.4. The van der Waals surface area contributed by atoms with Gasteiger partial charge in [-0.2, -0.15) is 0 Å². The summed E-state index contributed by atoms with van der Waals surface area (Å²) in [4.78, 5) is 33.0. The van der Waals surface area contributed by atoms with Gasteiger partial charge in [-0.15, -0.1) is 0 Å². The van der Waals surface area contributed by atoms with Crippen LogP contribution >= 0.6 is 0 Å². The highest BCUT2D eigenvalue weighted by molar-refractivity contribution is 5.95. The van der Waals surface area contributed by atoms with Gasteiger partial charge in [-0.05, 0) is 25.5 Å². The molecule has 0 radical (unpaired) electrons. The Morgan fingerprint density at radius 3 is 2.87 bits per heavy atom. The largest absolute Gasteiger partial charge is 0.488 e. The van der Waals surface area contributed by atoms with Gasteiger partial charge >= 0.3 is 6.03 Å². The number of ether oxygens (including phenoxy) is 1. The Kier molecular flexibility index (Phi) is 5.51. The molecule has 2 amide bonds. The van der Waals surface area contributed by atoms with Crippen molar-refractivity contribution < 1.29 is 14.3 Å². The number of hydrogen-bond donors (Lipinski definition) is 2. The highest BCUT2D eigenvalue weighted by atomic mass is 16.5. The number of anilines is 2. The minimum Gasteiger partial charge on any atom is -0.488 e. The van der Waals surface area contributed by atoms with Crippen LogP contribution in [0.5, 0.6) is 5.75 Å². The molecule has 0 aliphatic carbocycles. The van der Waals surface area contributed by atoms with Crippen LogP contribution in [0.1, 0.15) is 23.7 Å². The first kappa shape index (κ1) is 19.7. The molecular weight excluding hydrogens is 384 g/mol. The van der Waals surface area contributed by atoms with Gasteiger partial charge in [0.15, 0.2) is 11.6 Å². The zero-order valence-corrected chi connectivity index (χ0v) is 16.8. The number of amides is 2. The first-order valence-electron chi connectivity index (χ1n) is 9.98. The van der Waals surface area contributed by atoms with E-state index in [4.69, 9.17) is 10.1 Å². The van der Waals surface area contributed by atoms with Crippen LogP contribution < -0.4 is 20.4 Å². The maximum absolute atomic E-state index is 12.8. The Morgan fingerprint density at radius 1 is 1.27 bits per heavy atom. The van der Waals surface area contributed by atoms with E-state index in [1.807, 2.05) is 17.9 Å². The summed E-state index contributed by atoms with van der Waals surface area (Å²) in [5.74, 6) is 1.06. The van der Waals surface area contributed by atoms with Crippen LogP contribution in [0.2, 0.25) is 0 Å². The van der Waals surface area contributed by atoms with Gasteiger partial charge in [0.2, 0.25) is 0 Å². The maximum Gasteiger partial charge on any atom is 0.327 e. The molecule has 0 aromatic carbocycles. The summed E-state index contributed by atoms with van der Waals surface area (Å²) in [6.45, 7) is 4.59. The molecule has 4 rings (SSSR count). The molecule has 4 heterocycles. The molecular formula is C21H24N6O3. The van der Waals surface area contributed by atoms with Crippen molar-refractivity contribution in [2.24, 2.45) is 0 Å². The maximum atomic E-state index is 12.8. The molecule has 9 heteroatoms. The van der Waals surface area contributed by atoms with Crippen molar-refractivity contribution in [2.45, 2.75) is 13.3 Å². The van der Waals surface area contributed by atoms with Gasteiger partial charge < -0.3 is 19.9 Å². The molecule has 30 heavy (non-hydrogen) atoms. The number of pyridine rings is 2. The Balaban J connectivity index is 1.60. The van der Waals surface area contributed by atoms with Crippen molar-refractivity contribution in [1.82, 2.24) is 19.8 Å². The molecule has 2 aliphatic heterocycles. The van der Waals surface area contributed by atoms with Crippen molar-refractivity contribution in [3.63, 3.8) is 0 Å². The molecule has 0 unspecified atom stereocenters. The Labute approximate surface area is 174 Å². The van der Waals surface area contributed by atoms with Gasteiger partial charge in [-0.1, -0.05) is 12.2 Å². The number of rotatable bonds is 3. The fourth-order valence-corrected chi connectivity index (χ4v) is 3.55. The van der Waals surface area contributed by atoms with Crippen LogP contribution in [0.3, 0.4) is 0 Å². The average Bonchev–Trinajstić information content (AvgIpc) is 2.78. The van der Waals surface area contributed by atoms with Crippen LogP contribution in [0.25, 0.3) is 0 Å². The number of hydrogen-bond acceptors (Lipinski definition) is 6. The molecule has 0 saturated heterocycles. The van der Waals surface area contributed by atoms with Crippen LogP contribution in [0.15, 0.2) is 42.7 Å². The van der Waals surface area contributed by atoms with Crippen LogP contribution in [0.4, 0.5) is 16.3 Å². The number of nitrogens with one attached hydrogen (secondary N) is 2. The topological polar surface area (TPSA) is 104 Å². The van der Waals surface area contributed by atoms with Gasteiger partial charge in [0.25, 0.3) is 5.91 Å². The van der Waals surface area contributed by atoms with E-state index < -0.39 is 0 Å². The average molecular weight is 408 g/mol. The van der Waals surface area contributed by atoms with E-state index in [1.165, 1.54) is 4.57 Å². The number of aromatic nitrogens is 2. The van der Waals surface area contributed by atoms with E-state index in [2.05, 4.69) is 16.4 Å². The summed E-state index contributed by atoms with van der Waals surface area (Å²) in [7, 11) is 0. The fourth-order valence-electron chi connectivity index (χ4n) is 3.55. The van der Waals surface area contributed by atoms with E-state index in [9.17, 15) is 9.59 Å². The van der Waals surface area contributed by atoms with Gasteiger partial charge in [0.1, 0.15) is 12.1 Å². The van der Waals surface area contributed by atoms with Gasteiger partial charge in [0.05, 0.1) is 12.1 Å². The predicted octanol–water partition coefficient (Wildman–Crippen LogP) is 1.87. The van der Waals surface area contributed by atoms with E-state index >= 15 is 0 Å². The smallest absolute Gasteiger partial charge is 0.327 e. The molecule has 9 nitrogen and oxygen atoms in total. The monoisotopic (exact) mass is 408 g/mol. The third-order valence-electron chi connectivity index (χ3n) is 5.05. The summed E-state index contributed by atoms with van der Waals surface area (Å²) in [6, 6.07) is 4.77. The first-order valence-corrected chi connectivity index (χ1v) is 9.98. The van der Waals surface area contributed by atoms with Crippen LogP contribution in [0, 0.1) is 5.41 Å². The number of fused-ring (bicyclic) bond motifs is 1. The van der Waals surface area contributed by atoms with E-state index in [0.717, 1.165) is 12.1 Å². The lowest BCUT2D eigenvalue weighted by atomic mass is 10.1. The van der Waals surface area contributed by atoms with Crippen molar-refractivity contribution >= 4 is 23.4 Å². The Bertz CT molecular complexity index is 1060. The highest BCUT2D eigenvalue weighted by Crippen LogP contribution is 2.34. The SMILES string of the molecule is CCNC(=O)n1ccc(N2CCOc3cc(C(=O)N4CC=CCC4)cnc32)cc1=N. The summed E-state index contributed by atoms with van der Waals surface area (Å²) >= 11 is 0. The second-order valence-corrected chi connectivity index (χ2v) is 7.03. The number of carbonyl (C=O) groups is 2. The fraction of sp³-hybridized carbons (Fsp3) is 0.333. The minimum absolute atomic E-state index is 0.0634. The lowest BCUT2D eigenvalue weighted by Gasteiger charge is -2.31. The molecule has 2 N–H and O–H groups in total. The molecule has 0 spiro atoms. The van der Waals surface area contributed by atoms with Crippen LogP contribution in [-0.2, 0) is 0 Å². The lowest BCUT2D eigenvalue weighted by molar-refractivity contribution is 0.0770. The highest BCUT2D eigenvalue weighted by Gasteiger charge is 2.25. The summed E-state index contributed by atoms with van der Waals surface area (Å²) in [5, 5.41) is 10.9. The molecule has 156 valence electrons. The molecule has 0 fully saturated rings.